The minimum atomic E-state index is 0.840. The first-order valence-electron chi connectivity index (χ1n) is 7.61. The first-order valence-corrected chi connectivity index (χ1v) is 7.61. The summed E-state index contributed by atoms with van der Waals surface area (Å²) in [5.41, 5.74) is 2.01. The molecule has 5 heteroatoms. The molecule has 1 aliphatic heterocycles. The molecule has 21 heavy (non-hydrogen) atoms. The molecule has 1 saturated heterocycles. The van der Waals surface area contributed by atoms with Crippen molar-refractivity contribution in [2.24, 2.45) is 0 Å². The number of pyridine rings is 1. The Hall–Kier alpha value is -2.01. The minimum Gasteiger partial charge on any atom is -0.355 e. The van der Waals surface area contributed by atoms with Gasteiger partial charge in [0.25, 0.3) is 0 Å². The summed E-state index contributed by atoms with van der Waals surface area (Å²) in [6, 6.07) is 6.07. The average Bonchev–Trinajstić information content (AvgIpc) is 2.84. The van der Waals surface area contributed by atoms with Gasteiger partial charge >= 0.3 is 0 Å². The van der Waals surface area contributed by atoms with Crippen LogP contribution in [0.15, 0.2) is 30.6 Å². The molecule has 2 aromatic rings. The third-order valence-corrected chi connectivity index (χ3v) is 3.70. The highest BCUT2D eigenvalue weighted by Crippen LogP contribution is 2.22. The van der Waals surface area contributed by atoms with Crippen LogP contribution in [0.25, 0.3) is 11.3 Å². The van der Waals surface area contributed by atoms with Crippen molar-refractivity contribution in [2.75, 3.05) is 31.1 Å². The Balaban J connectivity index is 1.96. The van der Waals surface area contributed by atoms with E-state index in [-0.39, 0.29) is 0 Å². The molecular formula is C16H21N5. The highest BCUT2D eigenvalue weighted by atomic mass is 15.2. The predicted molar refractivity (Wildman–Crippen MR) is 84.3 cm³/mol. The molecule has 110 valence electrons. The van der Waals surface area contributed by atoms with Crippen LogP contribution < -0.4 is 10.2 Å². The van der Waals surface area contributed by atoms with Gasteiger partial charge in [0, 0.05) is 50.1 Å². The van der Waals surface area contributed by atoms with Gasteiger partial charge in [-0.05, 0) is 25.1 Å². The third kappa shape index (κ3) is 3.36. The largest absolute Gasteiger partial charge is 0.355 e. The highest BCUT2D eigenvalue weighted by Gasteiger charge is 2.14. The molecular weight excluding hydrogens is 262 g/mol. The van der Waals surface area contributed by atoms with E-state index in [0.717, 1.165) is 61.9 Å². The number of aromatic nitrogens is 3. The lowest BCUT2D eigenvalue weighted by molar-refractivity contribution is 0.724. The molecule has 2 aromatic heterocycles. The summed E-state index contributed by atoms with van der Waals surface area (Å²) >= 11 is 0. The van der Waals surface area contributed by atoms with E-state index < -0.39 is 0 Å². The Labute approximate surface area is 125 Å². The predicted octanol–water partition coefficient (Wildman–Crippen LogP) is 1.90. The van der Waals surface area contributed by atoms with E-state index in [1.165, 1.54) is 0 Å². The van der Waals surface area contributed by atoms with Gasteiger partial charge in [0.15, 0.2) is 0 Å². The van der Waals surface area contributed by atoms with Gasteiger partial charge in [0.2, 0.25) is 0 Å². The van der Waals surface area contributed by atoms with Crippen LogP contribution in [0.2, 0.25) is 0 Å². The number of anilines is 1. The molecule has 0 aromatic carbocycles. The van der Waals surface area contributed by atoms with Crippen molar-refractivity contribution < 1.29 is 0 Å². The summed E-state index contributed by atoms with van der Waals surface area (Å²) in [6.45, 7) is 6.22. The second-order valence-corrected chi connectivity index (χ2v) is 5.21. The maximum Gasteiger partial charge on any atom is 0.132 e. The third-order valence-electron chi connectivity index (χ3n) is 3.70. The number of hydrogen-bond donors (Lipinski definition) is 1. The van der Waals surface area contributed by atoms with Gasteiger partial charge in [-0.2, -0.15) is 0 Å². The van der Waals surface area contributed by atoms with Gasteiger partial charge in [-0.25, -0.2) is 9.97 Å². The molecule has 3 rings (SSSR count). The fourth-order valence-corrected chi connectivity index (χ4v) is 2.54. The van der Waals surface area contributed by atoms with Crippen molar-refractivity contribution in [1.29, 1.82) is 0 Å². The topological polar surface area (TPSA) is 53.9 Å². The molecule has 0 amide bonds. The minimum absolute atomic E-state index is 0.840. The van der Waals surface area contributed by atoms with Crippen LogP contribution in [0.5, 0.6) is 0 Å². The number of aryl methyl sites for hydroxylation is 1. The van der Waals surface area contributed by atoms with E-state index in [9.17, 15) is 0 Å². The first kappa shape index (κ1) is 13.9. The van der Waals surface area contributed by atoms with Gasteiger partial charge in [-0.15, -0.1) is 0 Å². The van der Waals surface area contributed by atoms with Gasteiger partial charge in [0.05, 0.1) is 5.69 Å². The fourth-order valence-electron chi connectivity index (χ4n) is 2.54. The SMILES string of the molecule is CCc1nc(-c2cccnc2)cc(N2CCCNCC2)n1. The van der Waals surface area contributed by atoms with Gasteiger partial charge in [-0.3, -0.25) is 4.98 Å². The standard InChI is InChI=1S/C16H21N5/c1-2-15-19-14(13-5-3-6-18-12-13)11-16(20-15)21-9-4-7-17-8-10-21/h3,5-6,11-12,17H,2,4,7-10H2,1H3. The lowest BCUT2D eigenvalue weighted by Gasteiger charge is -2.22. The summed E-state index contributed by atoms with van der Waals surface area (Å²) in [7, 11) is 0. The molecule has 0 aliphatic carbocycles. The Morgan fingerprint density at radius 2 is 2.19 bits per heavy atom. The van der Waals surface area contributed by atoms with Crippen LogP contribution in [0.1, 0.15) is 19.2 Å². The normalized spacial score (nSPS) is 15.8. The molecule has 0 spiro atoms. The van der Waals surface area contributed by atoms with E-state index in [1.54, 1.807) is 6.20 Å². The van der Waals surface area contributed by atoms with Crippen molar-refractivity contribution in [3.05, 3.63) is 36.4 Å². The molecule has 5 nitrogen and oxygen atoms in total. The van der Waals surface area contributed by atoms with E-state index in [4.69, 9.17) is 4.98 Å². The van der Waals surface area contributed by atoms with Crippen molar-refractivity contribution >= 4 is 5.82 Å². The highest BCUT2D eigenvalue weighted by molar-refractivity contribution is 5.62. The second-order valence-electron chi connectivity index (χ2n) is 5.21. The number of rotatable bonds is 3. The monoisotopic (exact) mass is 283 g/mol. The van der Waals surface area contributed by atoms with Gasteiger partial charge in [-0.1, -0.05) is 6.92 Å². The summed E-state index contributed by atoms with van der Waals surface area (Å²) in [6.07, 6.45) is 5.63. The molecule has 3 heterocycles. The smallest absolute Gasteiger partial charge is 0.132 e. The summed E-state index contributed by atoms with van der Waals surface area (Å²) < 4.78 is 0. The Bertz CT molecular complexity index is 576. The Kier molecular flexibility index (Phi) is 4.40. The van der Waals surface area contributed by atoms with Crippen LogP contribution in [-0.2, 0) is 6.42 Å². The first-order chi connectivity index (χ1) is 10.4. The lowest BCUT2D eigenvalue weighted by atomic mass is 10.2. The van der Waals surface area contributed by atoms with E-state index >= 15 is 0 Å². The van der Waals surface area contributed by atoms with Crippen molar-refractivity contribution in [1.82, 2.24) is 20.3 Å². The number of nitrogens with one attached hydrogen (secondary N) is 1. The maximum absolute atomic E-state index is 4.71. The molecule has 1 fully saturated rings. The summed E-state index contributed by atoms with van der Waals surface area (Å²) in [5.74, 6) is 1.92. The van der Waals surface area contributed by atoms with Gasteiger partial charge in [0.1, 0.15) is 11.6 Å². The fraction of sp³-hybridized carbons (Fsp3) is 0.438. The Morgan fingerprint density at radius 1 is 1.24 bits per heavy atom. The van der Waals surface area contributed by atoms with E-state index in [1.807, 2.05) is 18.3 Å². The second kappa shape index (κ2) is 6.63. The number of nitrogens with zero attached hydrogens (tertiary/aromatic N) is 4. The van der Waals surface area contributed by atoms with Crippen molar-refractivity contribution in [3.63, 3.8) is 0 Å². The summed E-state index contributed by atoms with van der Waals surface area (Å²) in [5, 5.41) is 3.43. The van der Waals surface area contributed by atoms with Crippen LogP contribution in [-0.4, -0.2) is 41.1 Å². The van der Waals surface area contributed by atoms with Crippen LogP contribution >= 0.6 is 0 Å². The maximum atomic E-state index is 4.71. The molecule has 0 unspecified atom stereocenters. The molecule has 1 aliphatic rings. The van der Waals surface area contributed by atoms with E-state index in [2.05, 4.69) is 33.2 Å². The summed E-state index contributed by atoms with van der Waals surface area (Å²) in [4.78, 5) is 15.9. The number of hydrogen-bond acceptors (Lipinski definition) is 5. The zero-order valence-electron chi connectivity index (χ0n) is 12.4. The zero-order valence-corrected chi connectivity index (χ0v) is 12.4. The molecule has 0 radical (unpaired) electrons. The van der Waals surface area contributed by atoms with Crippen LogP contribution in [0, 0.1) is 0 Å². The van der Waals surface area contributed by atoms with Gasteiger partial charge < -0.3 is 10.2 Å². The van der Waals surface area contributed by atoms with Crippen molar-refractivity contribution in [3.8, 4) is 11.3 Å². The lowest BCUT2D eigenvalue weighted by Crippen LogP contribution is -2.29. The molecule has 0 atom stereocenters. The molecule has 1 N–H and O–H groups in total. The molecule has 0 bridgehead atoms. The Morgan fingerprint density at radius 3 is 3.00 bits per heavy atom. The molecule has 0 saturated carbocycles. The van der Waals surface area contributed by atoms with Crippen LogP contribution in [0.3, 0.4) is 0 Å². The quantitative estimate of drug-likeness (QED) is 0.932. The van der Waals surface area contributed by atoms with E-state index in [0.29, 0.717) is 0 Å². The van der Waals surface area contributed by atoms with Crippen molar-refractivity contribution in [2.45, 2.75) is 19.8 Å². The average molecular weight is 283 g/mol. The van der Waals surface area contributed by atoms with Crippen LogP contribution in [0.4, 0.5) is 5.82 Å². The zero-order chi connectivity index (χ0) is 14.5.